The molecule has 0 spiro atoms. The fourth-order valence-corrected chi connectivity index (χ4v) is 2.95. The summed E-state index contributed by atoms with van der Waals surface area (Å²) in [6.07, 6.45) is 2.01. The zero-order valence-electron chi connectivity index (χ0n) is 12.3. The molecule has 0 amide bonds. The lowest BCUT2D eigenvalue weighted by Crippen LogP contribution is -2.41. The number of anilines is 1. The lowest BCUT2D eigenvalue weighted by Gasteiger charge is -2.31. The van der Waals surface area contributed by atoms with E-state index < -0.39 is 26.0 Å². The van der Waals surface area contributed by atoms with Crippen LogP contribution < -0.4 is 5.32 Å². The fraction of sp³-hybridized carbons (Fsp3) is 0.538. The summed E-state index contributed by atoms with van der Waals surface area (Å²) in [5, 5.41) is 23.8. The number of nitro groups is 1. The van der Waals surface area contributed by atoms with Crippen LogP contribution >= 0.6 is 0 Å². The van der Waals surface area contributed by atoms with Crippen LogP contribution in [0.1, 0.15) is 26.7 Å². The lowest BCUT2D eigenvalue weighted by atomic mass is 9.93. The van der Waals surface area contributed by atoms with E-state index in [1.807, 2.05) is 13.8 Å². The molecule has 0 saturated heterocycles. The van der Waals surface area contributed by atoms with Crippen molar-refractivity contribution < 1.29 is 18.4 Å². The molecule has 2 N–H and O–H groups in total. The van der Waals surface area contributed by atoms with Gasteiger partial charge in [-0.1, -0.05) is 19.9 Å². The Morgan fingerprint density at radius 3 is 2.29 bits per heavy atom. The first-order chi connectivity index (χ1) is 9.70. The van der Waals surface area contributed by atoms with E-state index in [-0.39, 0.29) is 17.2 Å². The molecule has 0 aromatic heterocycles. The molecule has 1 rings (SSSR count). The standard InChI is InChI=1S/C13H20N2O5S/c1-4-13(5-2,9-16)14-10-7-6-8-11(21(3,19)20)12(10)15(17)18/h6-8,14,16H,4-5,9H2,1-3H3. The van der Waals surface area contributed by atoms with Crippen molar-refractivity contribution in [3.8, 4) is 0 Å². The predicted molar refractivity (Wildman–Crippen MR) is 80.2 cm³/mol. The highest BCUT2D eigenvalue weighted by atomic mass is 32.2. The molecule has 0 aliphatic heterocycles. The van der Waals surface area contributed by atoms with Crippen LogP contribution in [-0.2, 0) is 9.84 Å². The van der Waals surface area contributed by atoms with Crippen molar-refractivity contribution in [2.24, 2.45) is 0 Å². The first kappa shape index (κ1) is 17.4. The van der Waals surface area contributed by atoms with E-state index in [0.717, 1.165) is 6.26 Å². The molecule has 0 heterocycles. The fourth-order valence-electron chi connectivity index (χ4n) is 2.09. The van der Waals surface area contributed by atoms with Crippen molar-refractivity contribution in [2.45, 2.75) is 37.1 Å². The quantitative estimate of drug-likeness (QED) is 0.588. The number of nitro benzene ring substituents is 1. The Labute approximate surface area is 124 Å². The van der Waals surface area contributed by atoms with E-state index in [0.29, 0.717) is 12.8 Å². The number of hydrogen-bond donors (Lipinski definition) is 2. The largest absolute Gasteiger partial charge is 0.394 e. The van der Waals surface area contributed by atoms with Crippen molar-refractivity contribution in [3.05, 3.63) is 28.3 Å². The first-order valence-corrected chi connectivity index (χ1v) is 8.46. The second-order valence-corrected chi connectivity index (χ2v) is 6.94. The Morgan fingerprint density at radius 2 is 1.90 bits per heavy atom. The minimum absolute atomic E-state index is 0.0978. The van der Waals surface area contributed by atoms with E-state index in [9.17, 15) is 23.6 Å². The summed E-state index contributed by atoms with van der Waals surface area (Å²) in [5.41, 5.74) is -1.11. The summed E-state index contributed by atoms with van der Waals surface area (Å²) in [4.78, 5) is 10.2. The highest BCUT2D eigenvalue weighted by Gasteiger charge is 2.31. The van der Waals surface area contributed by atoms with Crippen LogP contribution in [0, 0.1) is 10.1 Å². The van der Waals surface area contributed by atoms with Gasteiger partial charge in [0.1, 0.15) is 10.6 Å². The summed E-state index contributed by atoms with van der Waals surface area (Å²) in [5.74, 6) is 0. The van der Waals surface area contributed by atoms with Crippen molar-refractivity contribution in [2.75, 3.05) is 18.2 Å². The average molecular weight is 316 g/mol. The Bertz CT molecular complexity index is 615. The maximum atomic E-state index is 11.7. The van der Waals surface area contributed by atoms with E-state index in [4.69, 9.17) is 0 Å². The summed E-state index contributed by atoms with van der Waals surface area (Å²) in [6, 6.07) is 4.10. The number of aliphatic hydroxyl groups excluding tert-OH is 1. The van der Waals surface area contributed by atoms with Gasteiger partial charge in [-0.25, -0.2) is 8.42 Å². The van der Waals surface area contributed by atoms with Crippen LogP contribution in [0.3, 0.4) is 0 Å². The van der Waals surface area contributed by atoms with Gasteiger partial charge < -0.3 is 10.4 Å². The number of sulfone groups is 1. The van der Waals surface area contributed by atoms with Crippen LogP contribution in [0.15, 0.2) is 23.1 Å². The van der Waals surface area contributed by atoms with E-state index in [1.54, 1.807) is 0 Å². The molecule has 0 aliphatic carbocycles. The van der Waals surface area contributed by atoms with Crippen LogP contribution in [-0.4, -0.2) is 36.8 Å². The molecule has 0 aliphatic rings. The highest BCUT2D eigenvalue weighted by Crippen LogP contribution is 2.34. The van der Waals surface area contributed by atoms with Crippen molar-refractivity contribution in [1.82, 2.24) is 0 Å². The predicted octanol–water partition coefficient (Wildman–Crippen LogP) is 1.96. The van der Waals surface area contributed by atoms with Gasteiger partial charge in [0.25, 0.3) is 0 Å². The second kappa shape index (κ2) is 6.40. The van der Waals surface area contributed by atoms with Gasteiger partial charge in [0.2, 0.25) is 0 Å². The molecule has 0 fully saturated rings. The Morgan fingerprint density at radius 1 is 1.33 bits per heavy atom. The van der Waals surface area contributed by atoms with E-state index >= 15 is 0 Å². The zero-order valence-corrected chi connectivity index (χ0v) is 13.1. The van der Waals surface area contributed by atoms with E-state index in [2.05, 4.69) is 5.32 Å². The third-order valence-electron chi connectivity index (χ3n) is 3.64. The minimum Gasteiger partial charge on any atom is -0.394 e. The molecule has 118 valence electrons. The number of aliphatic hydroxyl groups is 1. The summed E-state index contributed by atoms with van der Waals surface area (Å²) in [6.45, 7) is 3.48. The smallest absolute Gasteiger partial charge is 0.310 e. The minimum atomic E-state index is -3.72. The van der Waals surface area contributed by atoms with Gasteiger partial charge in [0, 0.05) is 6.26 Å². The number of nitrogens with zero attached hydrogens (tertiary/aromatic N) is 1. The van der Waals surface area contributed by atoms with Gasteiger partial charge in [0.15, 0.2) is 9.84 Å². The molecule has 8 heteroatoms. The number of benzene rings is 1. The molecule has 21 heavy (non-hydrogen) atoms. The molecular weight excluding hydrogens is 296 g/mol. The molecule has 0 unspecified atom stereocenters. The van der Waals surface area contributed by atoms with Gasteiger partial charge in [0.05, 0.1) is 17.1 Å². The average Bonchev–Trinajstić information content (AvgIpc) is 2.43. The number of rotatable bonds is 7. The Kier molecular flexibility index (Phi) is 5.30. The number of para-hydroxylation sites is 1. The summed E-state index contributed by atoms with van der Waals surface area (Å²) >= 11 is 0. The molecule has 0 saturated carbocycles. The maximum Gasteiger partial charge on any atom is 0.310 e. The van der Waals surface area contributed by atoms with Gasteiger partial charge in [-0.2, -0.15) is 0 Å². The molecule has 1 aromatic rings. The molecule has 0 bridgehead atoms. The van der Waals surface area contributed by atoms with Gasteiger partial charge >= 0.3 is 5.69 Å². The molecule has 0 radical (unpaired) electrons. The summed E-state index contributed by atoms with van der Waals surface area (Å²) < 4.78 is 23.4. The van der Waals surface area contributed by atoms with Crippen molar-refractivity contribution in [1.29, 1.82) is 0 Å². The number of nitrogens with one attached hydrogen (secondary N) is 1. The zero-order chi connectivity index (χ0) is 16.3. The Hall–Kier alpha value is -1.67. The maximum absolute atomic E-state index is 11.7. The normalized spacial score (nSPS) is 12.2. The topological polar surface area (TPSA) is 110 Å². The van der Waals surface area contributed by atoms with E-state index in [1.165, 1.54) is 18.2 Å². The van der Waals surface area contributed by atoms with Crippen LogP contribution in [0.2, 0.25) is 0 Å². The first-order valence-electron chi connectivity index (χ1n) is 6.57. The third kappa shape index (κ3) is 3.70. The van der Waals surface area contributed by atoms with Crippen LogP contribution in [0.25, 0.3) is 0 Å². The summed E-state index contributed by atoms with van der Waals surface area (Å²) in [7, 11) is -3.72. The van der Waals surface area contributed by atoms with Crippen LogP contribution in [0.4, 0.5) is 11.4 Å². The van der Waals surface area contributed by atoms with Crippen LogP contribution in [0.5, 0.6) is 0 Å². The molecule has 7 nitrogen and oxygen atoms in total. The van der Waals surface area contributed by atoms with Crippen molar-refractivity contribution in [3.63, 3.8) is 0 Å². The van der Waals surface area contributed by atoms with Crippen molar-refractivity contribution >= 4 is 21.2 Å². The van der Waals surface area contributed by atoms with Gasteiger partial charge in [-0.05, 0) is 25.0 Å². The third-order valence-corrected chi connectivity index (χ3v) is 4.77. The van der Waals surface area contributed by atoms with Gasteiger partial charge in [-0.15, -0.1) is 0 Å². The molecule has 0 atom stereocenters. The monoisotopic (exact) mass is 316 g/mol. The molecular formula is C13H20N2O5S. The Balaban J connectivity index is 3.48. The van der Waals surface area contributed by atoms with Gasteiger partial charge in [-0.3, -0.25) is 10.1 Å². The molecule has 1 aromatic carbocycles. The lowest BCUT2D eigenvalue weighted by molar-refractivity contribution is -0.386. The number of hydrogen-bond acceptors (Lipinski definition) is 6. The SMILES string of the molecule is CCC(CC)(CO)Nc1cccc(S(C)(=O)=O)c1[N+](=O)[O-]. The second-order valence-electron chi connectivity index (χ2n) is 4.95. The highest BCUT2D eigenvalue weighted by molar-refractivity contribution is 7.90.